The number of nitrogens with zero attached hydrogens (tertiary/aromatic N) is 3. The topological polar surface area (TPSA) is 81.5 Å². The second-order valence-corrected chi connectivity index (χ2v) is 6.21. The Morgan fingerprint density at radius 1 is 0.926 bits per heavy atom. The van der Waals surface area contributed by atoms with E-state index in [-0.39, 0.29) is 16.7 Å². The molecule has 2 aromatic carbocycles. The minimum atomic E-state index is -0.788. The number of fused-ring (bicyclic) bond motifs is 1. The van der Waals surface area contributed by atoms with Crippen LogP contribution in [0.2, 0.25) is 0 Å². The fraction of sp³-hybridized carbons (Fsp3) is 0.100. The first-order valence-electron chi connectivity index (χ1n) is 8.29. The van der Waals surface area contributed by atoms with Gasteiger partial charge < -0.3 is 4.84 Å². The van der Waals surface area contributed by atoms with Crippen LogP contribution in [0.4, 0.5) is 0 Å². The van der Waals surface area contributed by atoms with Crippen molar-refractivity contribution in [2.24, 2.45) is 0 Å². The maximum Gasteiger partial charge on any atom is 0.363 e. The fourth-order valence-electron chi connectivity index (χ4n) is 3.01. The van der Waals surface area contributed by atoms with Gasteiger partial charge in [-0.25, -0.2) is 9.48 Å². The highest BCUT2D eigenvalue weighted by Gasteiger charge is 2.38. The smallest absolute Gasteiger partial charge is 0.324 e. The number of hydrogen-bond donors (Lipinski definition) is 0. The molecule has 7 heteroatoms. The van der Waals surface area contributed by atoms with Gasteiger partial charge in [-0.05, 0) is 56.3 Å². The first kappa shape index (κ1) is 16.7. The van der Waals surface area contributed by atoms with E-state index in [2.05, 4.69) is 5.10 Å². The van der Waals surface area contributed by atoms with Crippen LogP contribution in [0.5, 0.6) is 0 Å². The second-order valence-electron chi connectivity index (χ2n) is 6.21. The SMILES string of the molecule is Cc1cc(C)n(-c2ccc(C(=O)ON3C(=O)c4ccccc4C3=O)cc2)n1. The molecule has 0 bridgehead atoms. The van der Waals surface area contributed by atoms with E-state index in [4.69, 9.17) is 4.84 Å². The highest BCUT2D eigenvalue weighted by atomic mass is 16.7. The molecule has 4 rings (SSSR count). The molecule has 1 aliphatic rings. The summed E-state index contributed by atoms with van der Waals surface area (Å²) in [4.78, 5) is 42.0. The zero-order valence-electron chi connectivity index (χ0n) is 14.7. The average molecular weight is 361 g/mol. The Morgan fingerprint density at radius 3 is 2.04 bits per heavy atom. The summed E-state index contributed by atoms with van der Waals surface area (Å²) in [5, 5.41) is 4.89. The number of hydrogen-bond acceptors (Lipinski definition) is 5. The first-order valence-corrected chi connectivity index (χ1v) is 8.29. The molecule has 3 aromatic rings. The molecule has 0 saturated heterocycles. The lowest BCUT2D eigenvalue weighted by Crippen LogP contribution is -2.32. The van der Waals surface area contributed by atoms with E-state index >= 15 is 0 Å². The summed E-state index contributed by atoms with van der Waals surface area (Å²) in [6.07, 6.45) is 0. The van der Waals surface area contributed by atoms with Gasteiger partial charge in [-0.1, -0.05) is 17.2 Å². The van der Waals surface area contributed by atoms with Gasteiger partial charge in [0.15, 0.2) is 0 Å². The lowest BCUT2D eigenvalue weighted by atomic mass is 10.1. The molecule has 1 aromatic heterocycles. The normalized spacial score (nSPS) is 13.0. The number of rotatable bonds is 3. The Kier molecular flexibility index (Phi) is 3.84. The van der Waals surface area contributed by atoms with Gasteiger partial charge in [-0.3, -0.25) is 9.59 Å². The molecule has 134 valence electrons. The zero-order chi connectivity index (χ0) is 19.1. The largest absolute Gasteiger partial charge is 0.363 e. The van der Waals surface area contributed by atoms with Crippen molar-refractivity contribution in [2.75, 3.05) is 0 Å². The van der Waals surface area contributed by atoms with Crippen LogP contribution in [-0.4, -0.2) is 32.6 Å². The Morgan fingerprint density at radius 2 is 1.52 bits per heavy atom. The van der Waals surface area contributed by atoms with Crippen molar-refractivity contribution in [1.82, 2.24) is 14.8 Å². The Hall–Kier alpha value is -3.74. The van der Waals surface area contributed by atoms with Crippen LogP contribution >= 0.6 is 0 Å². The molecule has 0 aliphatic carbocycles. The van der Waals surface area contributed by atoms with E-state index in [1.54, 1.807) is 41.1 Å². The summed E-state index contributed by atoms with van der Waals surface area (Å²) < 4.78 is 1.76. The monoisotopic (exact) mass is 361 g/mol. The van der Waals surface area contributed by atoms with E-state index in [0.29, 0.717) is 5.06 Å². The molecule has 0 unspecified atom stereocenters. The van der Waals surface area contributed by atoms with Gasteiger partial charge in [-0.15, -0.1) is 0 Å². The molecule has 0 N–H and O–H groups in total. The molecule has 0 atom stereocenters. The predicted molar refractivity (Wildman–Crippen MR) is 95.4 cm³/mol. The number of imide groups is 1. The molecule has 0 spiro atoms. The predicted octanol–water partition coefficient (Wildman–Crippen LogP) is 2.86. The van der Waals surface area contributed by atoms with Gasteiger partial charge in [0, 0.05) is 5.69 Å². The number of benzene rings is 2. The van der Waals surface area contributed by atoms with E-state index in [9.17, 15) is 14.4 Å². The van der Waals surface area contributed by atoms with Gasteiger partial charge in [0.1, 0.15) is 0 Å². The lowest BCUT2D eigenvalue weighted by Gasteiger charge is -2.13. The molecule has 1 aliphatic heterocycles. The van der Waals surface area contributed by atoms with Gasteiger partial charge in [0.05, 0.1) is 28.1 Å². The summed E-state index contributed by atoms with van der Waals surface area (Å²) >= 11 is 0. The van der Waals surface area contributed by atoms with Gasteiger partial charge in [0.2, 0.25) is 0 Å². The van der Waals surface area contributed by atoms with Crippen LogP contribution in [0.3, 0.4) is 0 Å². The highest BCUT2D eigenvalue weighted by molar-refractivity contribution is 6.21. The molecule has 0 radical (unpaired) electrons. The van der Waals surface area contributed by atoms with Crippen molar-refractivity contribution in [3.8, 4) is 5.69 Å². The van der Waals surface area contributed by atoms with E-state index in [1.165, 1.54) is 12.1 Å². The van der Waals surface area contributed by atoms with E-state index in [0.717, 1.165) is 17.1 Å². The van der Waals surface area contributed by atoms with Crippen molar-refractivity contribution in [1.29, 1.82) is 0 Å². The van der Waals surface area contributed by atoms with Crippen LogP contribution in [0, 0.1) is 13.8 Å². The van der Waals surface area contributed by atoms with Crippen LogP contribution < -0.4 is 0 Å². The van der Waals surface area contributed by atoms with E-state index < -0.39 is 17.8 Å². The first-order chi connectivity index (χ1) is 13.0. The standard InChI is InChI=1S/C20H15N3O4/c1-12-11-13(2)22(21-12)15-9-7-14(8-10-15)20(26)27-23-18(24)16-5-3-4-6-17(16)19(23)25/h3-11H,1-2H3. The molecular weight excluding hydrogens is 346 g/mol. The van der Waals surface area contributed by atoms with Crippen LogP contribution in [0.25, 0.3) is 5.69 Å². The Balaban J connectivity index is 1.53. The maximum atomic E-state index is 12.4. The highest BCUT2D eigenvalue weighted by Crippen LogP contribution is 2.23. The third-order valence-corrected chi connectivity index (χ3v) is 4.29. The Bertz CT molecular complexity index is 1050. The summed E-state index contributed by atoms with van der Waals surface area (Å²) in [5.41, 5.74) is 3.30. The lowest BCUT2D eigenvalue weighted by molar-refractivity contribution is -0.0584. The number of carbonyl (C=O) groups is 3. The summed E-state index contributed by atoms with van der Waals surface area (Å²) in [6.45, 7) is 3.84. The third kappa shape index (κ3) is 2.79. The van der Waals surface area contributed by atoms with Crippen molar-refractivity contribution < 1.29 is 19.2 Å². The molecule has 7 nitrogen and oxygen atoms in total. The summed E-state index contributed by atoms with van der Waals surface area (Å²) in [6, 6.07) is 14.8. The molecule has 0 fully saturated rings. The van der Waals surface area contributed by atoms with Crippen molar-refractivity contribution in [3.05, 3.63) is 82.7 Å². The van der Waals surface area contributed by atoms with Crippen molar-refractivity contribution in [2.45, 2.75) is 13.8 Å². The average Bonchev–Trinajstić information content (AvgIpc) is 3.13. The Labute approximate surface area is 154 Å². The number of amides is 2. The van der Waals surface area contributed by atoms with Gasteiger partial charge in [0.25, 0.3) is 11.8 Å². The number of hydroxylamine groups is 2. The molecular formula is C20H15N3O4. The molecule has 27 heavy (non-hydrogen) atoms. The summed E-state index contributed by atoms with van der Waals surface area (Å²) in [7, 11) is 0. The van der Waals surface area contributed by atoms with Gasteiger partial charge in [-0.2, -0.15) is 5.10 Å². The number of carbonyl (C=O) groups excluding carboxylic acids is 3. The van der Waals surface area contributed by atoms with Crippen LogP contribution in [0.15, 0.2) is 54.6 Å². The fourth-order valence-corrected chi connectivity index (χ4v) is 3.01. The minimum absolute atomic E-state index is 0.218. The molecule has 2 amide bonds. The quantitative estimate of drug-likeness (QED) is 0.670. The van der Waals surface area contributed by atoms with Crippen molar-refractivity contribution >= 4 is 17.8 Å². The molecule has 0 saturated carbocycles. The summed E-state index contributed by atoms with van der Waals surface area (Å²) in [5.74, 6) is -2.09. The van der Waals surface area contributed by atoms with E-state index in [1.807, 2.05) is 19.9 Å². The number of aromatic nitrogens is 2. The second kappa shape index (κ2) is 6.21. The van der Waals surface area contributed by atoms with Crippen LogP contribution in [-0.2, 0) is 4.84 Å². The number of aryl methyl sites for hydroxylation is 2. The van der Waals surface area contributed by atoms with Crippen molar-refractivity contribution in [3.63, 3.8) is 0 Å². The third-order valence-electron chi connectivity index (χ3n) is 4.29. The molecule has 2 heterocycles. The maximum absolute atomic E-state index is 12.4. The zero-order valence-corrected chi connectivity index (χ0v) is 14.7. The van der Waals surface area contributed by atoms with Crippen LogP contribution in [0.1, 0.15) is 42.5 Å². The van der Waals surface area contributed by atoms with Gasteiger partial charge >= 0.3 is 5.97 Å². The minimum Gasteiger partial charge on any atom is -0.324 e.